The smallest absolute Gasteiger partial charge is 0.412 e. The van der Waals surface area contributed by atoms with Gasteiger partial charge in [-0.3, -0.25) is 10.2 Å². The molecular weight excluding hydrogens is 304 g/mol. The number of para-hydroxylation sites is 2. The molecule has 1 aromatic rings. The summed E-state index contributed by atoms with van der Waals surface area (Å²) in [6.45, 7) is 7.71. The number of piperidine rings is 1. The first-order chi connectivity index (χ1) is 11.7. The van der Waals surface area contributed by atoms with E-state index in [2.05, 4.69) is 17.1 Å². The second-order valence-electron chi connectivity index (χ2n) is 6.40. The minimum Gasteiger partial charge on any atom is -0.491 e. The lowest BCUT2D eigenvalue weighted by Gasteiger charge is -2.28. The molecule has 134 valence electrons. The molecule has 1 heterocycles. The Kier molecular flexibility index (Phi) is 7.89. The van der Waals surface area contributed by atoms with Gasteiger partial charge >= 0.3 is 6.09 Å². The molecule has 0 bridgehead atoms. The zero-order chi connectivity index (χ0) is 17.2. The molecule has 1 aliphatic rings. The summed E-state index contributed by atoms with van der Waals surface area (Å²) in [6, 6.07) is 7.47. The van der Waals surface area contributed by atoms with E-state index in [0.29, 0.717) is 18.0 Å². The third-order valence-electron chi connectivity index (χ3n) is 4.15. The molecule has 1 unspecified atom stereocenters. The van der Waals surface area contributed by atoms with Crippen molar-refractivity contribution in [1.82, 2.24) is 4.90 Å². The van der Waals surface area contributed by atoms with E-state index in [-0.39, 0.29) is 6.10 Å². The summed E-state index contributed by atoms with van der Waals surface area (Å²) >= 11 is 0. The number of carbonyl (C=O) groups excluding carboxylic acids is 1. The number of unbranched alkanes of at least 4 members (excludes halogenated alkanes) is 1. The molecule has 1 atom stereocenters. The third kappa shape index (κ3) is 6.40. The Labute approximate surface area is 145 Å². The topological polar surface area (TPSA) is 50.8 Å². The van der Waals surface area contributed by atoms with Gasteiger partial charge in [0.2, 0.25) is 0 Å². The second-order valence-corrected chi connectivity index (χ2v) is 6.40. The number of likely N-dealkylation sites (tertiary alicyclic amines) is 1. The van der Waals surface area contributed by atoms with Gasteiger partial charge in [0.1, 0.15) is 11.9 Å². The van der Waals surface area contributed by atoms with Crippen LogP contribution in [-0.4, -0.2) is 43.3 Å². The van der Waals surface area contributed by atoms with Crippen molar-refractivity contribution in [1.29, 1.82) is 0 Å². The van der Waals surface area contributed by atoms with E-state index in [1.165, 1.54) is 19.3 Å². The molecule has 1 amide bonds. The molecule has 1 fully saturated rings. The summed E-state index contributed by atoms with van der Waals surface area (Å²) in [6.07, 6.45) is 5.29. The van der Waals surface area contributed by atoms with Gasteiger partial charge in [0.25, 0.3) is 0 Å². The molecule has 1 saturated heterocycles. The molecule has 0 aromatic heterocycles. The van der Waals surface area contributed by atoms with Crippen molar-refractivity contribution < 1.29 is 14.3 Å². The SMILES string of the molecule is CCCCOc1ccccc1NC(=O)OC(C)CN1CCCCC1. The van der Waals surface area contributed by atoms with E-state index in [9.17, 15) is 4.79 Å². The number of nitrogens with zero attached hydrogens (tertiary/aromatic N) is 1. The number of benzene rings is 1. The third-order valence-corrected chi connectivity index (χ3v) is 4.15. The Bertz CT molecular complexity index is 501. The maximum Gasteiger partial charge on any atom is 0.412 e. The standard InChI is InChI=1S/C19H30N2O3/c1-3-4-14-23-18-11-7-6-10-17(18)20-19(22)24-16(2)15-21-12-8-5-9-13-21/h6-7,10-11,16H,3-5,8-9,12-15H2,1-2H3,(H,20,22). The van der Waals surface area contributed by atoms with Crippen LogP contribution in [0.3, 0.4) is 0 Å². The Hall–Kier alpha value is -1.75. The van der Waals surface area contributed by atoms with E-state index in [1.807, 2.05) is 31.2 Å². The Morgan fingerprint density at radius 1 is 1.25 bits per heavy atom. The lowest BCUT2D eigenvalue weighted by molar-refractivity contribution is 0.0832. The zero-order valence-electron chi connectivity index (χ0n) is 14.9. The van der Waals surface area contributed by atoms with Crippen LogP contribution in [0.25, 0.3) is 0 Å². The number of amides is 1. The average molecular weight is 334 g/mol. The van der Waals surface area contributed by atoms with Gasteiger partial charge < -0.3 is 9.47 Å². The van der Waals surface area contributed by atoms with E-state index in [0.717, 1.165) is 32.5 Å². The molecule has 24 heavy (non-hydrogen) atoms. The number of anilines is 1. The largest absolute Gasteiger partial charge is 0.491 e. The van der Waals surface area contributed by atoms with Gasteiger partial charge in [-0.2, -0.15) is 0 Å². The minimum atomic E-state index is -0.425. The Morgan fingerprint density at radius 3 is 2.75 bits per heavy atom. The Morgan fingerprint density at radius 2 is 2.00 bits per heavy atom. The first-order valence-corrected chi connectivity index (χ1v) is 9.11. The number of nitrogens with one attached hydrogen (secondary N) is 1. The molecule has 0 saturated carbocycles. The van der Waals surface area contributed by atoms with Crippen LogP contribution in [0.15, 0.2) is 24.3 Å². The second kappa shape index (κ2) is 10.2. The van der Waals surface area contributed by atoms with Gasteiger partial charge in [-0.05, 0) is 51.4 Å². The molecule has 0 radical (unpaired) electrons. The molecule has 1 aromatic carbocycles. The van der Waals surface area contributed by atoms with Crippen molar-refractivity contribution in [3.63, 3.8) is 0 Å². The molecule has 1 aliphatic heterocycles. The van der Waals surface area contributed by atoms with Crippen molar-refractivity contribution in [3.8, 4) is 5.75 Å². The predicted octanol–water partition coefficient (Wildman–Crippen LogP) is 4.29. The average Bonchev–Trinajstić information content (AvgIpc) is 2.57. The van der Waals surface area contributed by atoms with Crippen molar-refractivity contribution in [2.75, 3.05) is 31.6 Å². The van der Waals surface area contributed by atoms with E-state index in [4.69, 9.17) is 9.47 Å². The van der Waals surface area contributed by atoms with Crippen LogP contribution in [0.5, 0.6) is 5.75 Å². The summed E-state index contributed by atoms with van der Waals surface area (Å²) in [5, 5.41) is 2.80. The maximum absolute atomic E-state index is 12.1. The van der Waals surface area contributed by atoms with Gasteiger partial charge in [-0.25, -0.2) is 4.79 Å². The number of rotatable bonds is 8. The normalized spacial score (nSPS) is 16.4. The molecule has 2 rings (SSSR count). The molecule has 5 nitrogen and oxygen atoms in total. The van der Waals surface area contributed by atoms with Gasteiger partial charge in [0, 0.05) is 6.54 Å². The van der Waals surface area contributed by atoms with Crippen molar-refractivity contribution in [3.05, 3.63) is 24.3 Å². The highest BCUT2D eigenvalue weighted by Gasteiger charge is 2.17. The monoisotopic (exact) mass is 334 g/mol. The van der Waals surface area contributed by atoms with Gasteiger partial charge in [-0.1, -0.05) is 31.9 Å². The first-order valence-electron chi connectivity index (χ1n) is 9.11. The Balaban J connectivity index is 1.80. The quantitative estimate of drug-likeness (QED) is 0.721. The van der Waals surface area contributed by atoms with Gasteiger partial charge in [0.05, 0.1) is 12.3 Å². The van der Waals surface area contributed by atoms with Crippen LogP contribution in [-0.2, 0) is 4.74 Å². The number of hydrogen-bond donors (Lipinski definition) is 1. The molecule has 0 spiro atoms. The fraction of sp³-hybridized carbons (Fsp3) is 0.632. The number of ether oxygens (including phenoxy) is 2. The number of carbonyl (C=O) groups is 1. The molecule has 1 N–H and O–H groups in total. The van der Waals surface area contributed by atoms with Crippen LogP contribution in [0.4, 0.5) is 10.5 Å². The minimum absolute atomic E-state index is 0.128. The molecule has 5 heteroatoms. The lowest BCUT2D eigenvalue weighted by atomic mass is 10.1. The van der Waals surface area contributed by atoms with Crippen LogP contribution < -0.4 is 10.1 Å². The lowest BCUT2D eigenvalue weighted by Crippen LogP contribution is -2.37. The number of hydrogen-bond acceptors (Lipinski definition) is 4. The van der Waals surface area contributed by atoms with Crippen molar-refractivity contribution in [2.45, 2.75) is 52.1 Å². The van der Waals surface area contributed by atoms with E-state index in [1.54, 1.807) is 0 Å². The van der Waals surface area contributed by atoms with Crippen LogP contribution in [0.1, 0.15) is 46.0 Å². The fourth-order valence-electron chi connectivity index (χ4n) is 2.89. The van der Waals surface area contributed by atoms with Crippen LogP contribution in [0.2, 0.25) is 0 Å². The highest BCUT2D eigenvalue weighted by atomic mass is 16.6. The summed E-state index contributed by atoms with van der Waals surface area (Å²) in [7, 11) is 0. The highest BCUT2D eigenvalue weighted by Crippen LogP contribution is 2.24. The van der Waals surface area contributed by atoms with Crippen LogP contribution in [0, 0.1) is 0 Å². The zero-order valence-corrected chi connectivity index (χ0v) is 14.9. The maximum atomic E-state index is 12.1. The fourth-order valence-corrected chi connectivity index (χ4v) is 2.89. The van der Waals surface area contributed by atoms with Gasteiger partial charge in [-0.15, -0.1) is 0 Å². The summed E-state index contributed by atoms with van der Waals surface area (Å²) < 4.78 is 11.2. The van der Waals surface area contributed by atoms with E-state index < -0.39 is 6.09 Å². The van der Waals surface area contributed by atoms with Crippen molar-refractivity contribution >= 4 is 11.8 Å². The first kappa shape index (κ1) is 18.6. The van der Waals surface area contributed by atoms with E-state index >= 15 is 0 Å². The summed E-state index contributed by atoms with van der Waals surface area (Å²) in [4.78, 5) is 14.5. The molecule has 0 aliphatic carbocycles. The van der Waals surface area contributed by atoms with Crippen LogP contribution >= 0.6 is 0 Å². The highest BCUT2D eigenvalue weighted by molar-refractivity contribution is 5.86. The molecular formula is C19H30N2O3. The predicted molar refractivity (Wildman–Crippen MR) is 96.7 cm³/mol. The van der Waals surface area contributed by atoms with Crippen molar-refractivity contribution in [2.24, 2.45) is 0 Å². The summed E-state index contributed by atoms with van der Waals surface area (Å²) in [5.74, 6) is 0.687. The summed E-state index contributed by atoms with van der Waals surface area (Å²) in [5.41, 5.74) is 0.656. The van der Waals surface area contributed by atoms with Gasteiger partial charge in [0.15, 0.2) is 0 Å².